The highest BCUT2D eigenvalue weighted by atomic mass is 16.5. The van der Waals surface area contributed by atoms with Crippen LogP contribution in [0.3, 0.4) is 0 Å². The van der Waals surface area contributed by atoms with Gasteiger partial charge < -0.3 is 20.1 Å². The van der Waals surface area contributed by atoms with E-state index in [2.05, 4.69) is 46.3 Å². The van der Waals surface area contributed by atoms with E-state index in [4.69, 9.17) is 9.47 Å². The third kappa shape index (κ3) is 6.99. The van der Waals surface area contributed by atoms with Crippen molar-refractivity contribution < 1.29 is 9.47 Å². The molecule has 2 rings (SSSR count). The van der Waals surface area contributed by atoms with Crippen molar-refractivity contribution in [3.05, 3.63) is 23.9 Å². The first-order valence-electron chi connectivity index (χ1n) is 9.91. The van der Waals surface area contributed by atoms with Crippen LogP contribution in [-0.2, 0) is 11.3 Å². The molecule has 0 spiro atoms. The molecular formula is C20H35N5O2. The fourth-order valence-corrected chi connectivity index (χ4v) is 2.98. The minimum Gasteiger partial charge on any atom is -0.477 e. The number of hydrogen-bond donors (Lipinski definition) is 2. The third-order valence-electron chi connectivity index (χ3n) is 4.81. The number of ether oxygens (including phenoxy) is 2. The van der Waals surface area contributed by atoms with Crippen molar-refractivity contribution in [2.45, 2.75) is 45.7 Å². The quantitative estimate of drug-likeness (QED) is 0.390. The van der Waals surface area contributed by atoms with Crippen molar-refractivity contribution in [3.8, 4) is 5.88 Å². The van der Waals surface area contributed by atoms with Crippen molar-refractivity contribution in [2.24, 2.45) is 4.99 Å². The molecule has 0 amide bonds. The summed E-state index contributed by atoms with van der Waals surface area (Å²) in [5.41, 5.74) is 1.06. The lowest BCUT2D eigenvalue weighted by atomic mass is 10.0. The Kier molecular flexibility index (Phi) is 8.81. The van der Waals surface area contributed by atoms with Crippen LogP contribution in [0.15, 0.2) is 23.3 Å². The average Bonchev–Trinajstić information content (AvgIpc) is 2.70. The van der Waals surface area contributed by atoms with Crippen LogP contribution in [-0.4, -0.2) is 67.9 Å². The highest BCUT2D eigenvalue weighted by Crippen LogP contribution is 2.16. The topological polar surface area (TPSA) is 71.0 Å². The van der Waals surface area contributed by atoms with Crippen molar-refractivity contribution in [2.75, 3.05) is 46.5 Å². The fourth-order valence-electron chi connectivity index (χ4n) is 2.98. The molecule has 1 aromatic heterocycles. The molecule has 0 aliphatic carbocycles. The van der Waals surface area contributed by atoms with Crippen LogP contribution in [0, 0.1) is 0 Å². The van der Waals surface area contributed by atoms with Gasteiger partial charge in [-0.15, -0.1) is 0 Å². The number of unbranched alkanes of at least 4 members (excludes halogenated alkanes) is 1. The lowest BCUT2D eigenvalue weighted by Crippen LogP contribution is -2.56. The molecule has 1 aromatic rings. The first-order chi connectivity index (χ1) is 13.1. The number of nitrogens with zero attached hydrogens (tertiary/aromatic N) is 3. The smallest absolute Gasteiger partial charge is 0.218 e. The number of aromatic nitrogens is 1. The second-order valence-corrected chi connectivity index (χ2v) is 7.36. The van der Waals surface area contributed by atoms with Gasteiger partial charge >= 0.3 is 0 Å². The molecule has 27 heavy (non-hydrogen) atoms. The van der Waals surface area contributed by atoms with E-state index in [0.29, 0.717) is 19.0 Å². The van der Waals surface area contributed by atoms with E-state index in [9.17, 15) is 0 Å². The molecule has 7 nitrogen and oxygen atoms in total. The van der Waals surface area contributed by atoms with E-state index >= 15 is 0 Å². The Labute approximate surface area is 163 Å². The zero-order valence-electron chi connectivity index (χ0n) is 17.3. The van der Waals surface area contributed by atoms with E-state index in [1.54, 1.807) is 13.2 Å². The van der Waals surface area contributed by atoms with Gasteiger partial charge in [-0.25, -0.2) is 4.98 Å². The zero-order valence-corrected chi connectivity index (χ0v) is 17.3. The number of aliphatic imine (C=N–C) groups is 1. The van der Waals surface area contributed by atoms with Gasteiger partial charge in [0, 0.05) is 50.5 Å². The highest BCUT2D eigenvalue weighted by Gasteiger charge is 2.28. The normalized spacial score (nSPS) is 16.2. The first kappa shape index (κ1) is 21.4. The molecule has 0 bridgehead atoms. The summed E-state index contributed by atoms with van der Waals surface area (Å²) in [7, 11) is 1.79. The summed E-state index contributed by atoms with van der Waals surface area (Å²) in [6.07, 6.45) is 3.90. The Balaban J connectivity index is 1.85. The second kappa shape index (κ2) is 11.1. The number of nitrogens with one attached hydrogen (secondary N) is 2. The van der Waals surface area contributed by atoms with Crippen molar-refractivity contribution in [1.82, 2.24) is 20.5 Å². The second-order valence-electron chi connectivity index (χ2n) is 7.36. The van der Waals surface area contributed by atoms with Gasteiger partial charge in [0.15, 0.2) is 5.96 Å². The van der Waals surface area contributed by atoms with E-state index in [0.717, 1.165) is 57.2 Å². The molecular weight excluding hydrogens is 342 g/mol. The molecule has 1 saturated heterocycles. The monoisotopic (exact) mass is 377 g/mol. The van der Waals surface area contributed by atoms with Gasteiger partial charge in [0.25, 0.3) is 0 Å². The number of guanidine groups is 1. The predicted molar refractivity (Wildman–Crippen MR) is 109 cm³/mol. The van der Waals surface area contributed by atoms with E-state index in [-0.39, 0.29) is 5.54 Å². The molecule has 0 aromatic carbocycles. The number of morpholine rings is 1. The largest absolute Gasteiger partial charge is 0.477 e. The molecule has 0 radical (unpaired) electrons. The summed E-state index contributed by atoms with van der Waals surface area (Å²) >= 11 is 0. The summed E-state index contributed by atoms with van der Waals surface area (Å²) in [5.74, 6) is 1.47. The number of hydrogen-bond acceptors (Lipinski definition) is 5. The lowest BCUT2D eigenvalue weighted by Gasteiger charge is -2.41. The maximum Gasteiger partial charge on any atom is 0.218 e. The summed E-state index contributed by atoms with van der Waals surface area (Å²) < 4.78 is 11.3. The molecule has 1 aliphatic rings. The number of rotatable bonds is 9. The maximum atomic E-state index is 5.81. The van der Waals surface area contributed by atoms with Crippen LogP contribution < -0.4 is 15.4 Å². The molecule has 0 unspecified atom stereocenters. The highest BCUT2D eigenvalue weighted by molar-refractivity contribution is 5.79. The van der Waals surface area contributed by atoms with Gasteiger partial charge in [0.05, 0.1) is 19.8 Å². The zero-order chi connectivity index (χ0) is 19.5. The molecule has 1 fully saturated rings. The maximum absolute atomic E-state index is 5.81. The standard InChI is InChI=1S/C20H35N5O2/c1-5-6-12-27-18-17(8-7-9-22-18)15-23-19(21-4)24-16-20(2,3)25-10-13-26-14-11-25/h7-9H,5-6,10-16H2,1-4H3,(H2,21,23,24). The first-order valence-corrected chi connectivity index (χ1v) is 9.91. The summed E-state index contributed by atoms with van der Waals surface area (Å²) in [6.45, 7) is 12.3. The Morgan fingerprint density at radius 1 is 1.33 bits per heavy atom. The molecule has 0 atom stereocenters. The molecule has 2 N–H and O–H groups in total. The van der Waals surface area contributed by atoms with Gasteiger partial charge in [0.1, 0.15) is 0 Å². The lowest BCUT2D eigenvalue weighted by molar-refractivity contribution is -0.00834. The predicted octanol–water partition coefficient (Wildman–Crippen LogP) is 2.04. The van der Waals surface area contributed by atoms with E-state index < -0.39 is 0 Å². The van der Waals surface area contributed by atoms with Crippen molar-refractivity contribution in [3.63, 3.8) is 0 Å². The Morgan fingerprint density at radius 2 is 2.11 bits per heavy atom. The van der Waals surface area contributed by atoms with Gasteiger partial charge in [0.2, 0.25) is 5.88 Å². The minimum atomic E-state index is 0.0319. The summed E-state index contributed by atoms with van der Waals surface area (Å²) in [4.78, 5) is 11.2. The molecule has 1 aliphatic heterocycles. The van der Waals surface area contributed by atoms with Gasteiger partial charge in [-0.3, -0.25) is 9.89 Å². The molecule has 0 saturated carbocycles. The fraction of sp³-hybridized carbons (Fsp3) is 0.700. The minimum absolute atomic E-state index is 0.0319. The van der Waals surface area contributed by atoms with E-state index in [1.807, 2.05) is 12.1 Å². The number of pyridine rings is 1. The molecule has 152 valence electrons. The van der Waals surface area contributed by atoms with Gasteiger partial charge in [-0.2, -0.15) is 0 Å². The summed E-state index contributed by atoms with van der Waals surface area (Å²) in [6, 6.07) is 3.97. The third-order valence-corrected chi connectivity index (χ3v) is 4.81. The molecule has 2 heterocycles. The average molecular weight is 378 g/mol. The molecule has 7 heteroatoms. The van der Waals surface area contributed by atoms with Crippen molar-refractivity contribution >= 4 is 5.96 Å². The van der Waals surface area contributed by atoms with Crippen LogP contribution in [0.1, 0.15) is 39.2 Å². The Hall–Kier alpha value is -1.86. The van der Waals surface area contributed by atoms with Crippen LogP contribution in [0.5, 0.6) is 5.88 Å². The van der Waals surface area contributed by atoms with Gasteiger partial charge in [-0.1, -0.05) is 19.4 Å². The van der Waals surface area contributed by atoms with Crippen molar-refractivity contribution in [1.29, 1.82) is 0 Å². The Bertz CT molecular complexity index is 585. The van der Waals surface area contributed by atoms with Crippen LogP contribution in [0.4, 0.5) is 0 Å². The SMILES string of the molecule is CCCCOc1ncccc1CNC(=NC)NCC(C)(C)N1CCOCC1. The van der Waals surface area contributed by atoms with E-state index in [1.165, 1.54) is 0 Å². The van der Waals surface area contributed by atoms with Crippen LogP contribution >= 0.6 is 0 Å². The van der Waals surface area contributed by atoms with Crippen LogP contribution in [0.25, 0.3) is 0 Å². The van der Waals surface area contributed by atoms with Crippen LogP contribution in [0.2, 0.25) is 0 Å². The Morgan fingerprint density at radius 3 is 2.81 bits per heavy atom. The van der Waals surface area contributed by atoms with Gasteiger partial charge in [-0.05, 0) is 26.3 Å². The summed E-state index contributed by atoms with van der Waals surface area (Å²) in [5, 5.41) is 6.81.